The zero-order valence-corrected chi connectivity index (χ0v) is 8.17. The lowest BCUT2D eigenvalue weighted by molar-refractivity contribution is -0.0292. The van der Waals surface area contributed by atoms with E-state index in [2.05, 4.69) is 21.0 Å². The second-order valence-corrected chi connectivity index (χ2v) is 3.69. The van der Waals surface area contributed by atoms with Gasteiger partial charge in [0.05, 0.1) is 23.7 Å². The Morgan fingerprint density at radius 1 is 1.62 bits per heavy atom. The number of aromatic nitrogens is 2. The molecule has 6 heteroatoms. The second-order valence-electron chi connectivity index (χ2n) is 2.83. The molecule has 1 aliphatic heterocycles. The van der Waals surface area contributed by atoms with Crippen LogP contribution >= 0.6 is 15.9 Å². The third-order valence-electron chi connectivity index (χ3n) is 1.91. The van der Waals surface area contributed by atoms with Gasteiger partial charge in [-0.25, -0.2) is 8.78 Å². The predicted octanol–water partition coefficient (Wildman–Crippen LogP) is 2.15. The van der Waals surface area contributed by atoms with Crippen molar-refractivity contribution in [1.82, 2.24) is 9.78 Å². The van der Waals surface area contributed by atoms with E-state index in [0.717, 1.165) is 0 Å². The second kappa shape index (κ2) is 3.34. The molecule has 0 saturated carbocycles. The van der Waals surface area contributed by atoms with Crippen LogP contribution in [-0.2, 0) is 4.74 Å². The van der Waals surface area contributed by atoms with E-state index in [-0.39, 0.29) is 11.7 Å². The van der Waals surface area contributed by atoms with E-state index >= 15 is 0 Å². The molecule has 1 aromatic rings. The summed E-state index contributed by atoms with van der Waals surface area (Å²) >= 11 is 3.04. The quantitative estimate of drug-likeness (QED) is 0.807. The van der Waals surface area contributed by atoms with Gasteiger partial charge in [-0.2, -0.15) is 5.10 Å². The highest BCUT2D eigenvalue weighted by Gasteiger charge is 2.24. The van der Waals surface area contributed by atoms with E-state index < -0.39 is 6.43 Å². The number of nitrogens with zero attached hydrogens (tertiary/aromatic N) is 2. The van der Waals surface area contributed by atoms with Gasteiger partial charge in [0, 0.05) is 6.20 Å². The van der Waals surface area contributed by atoms with Crippen molar-refractivity contribution in [1.29, 1.82) is 0 Å². The summed E-state index contributed by atoms with van der Waals surface area (Å²) in [6.07, 6.45) is -0.967. The number of rotatable bonds is 2. The summed E-state index contributed by atoms with van der Waals surface area (Å²) in [5, 5.41) is 3.77. The molecule has 0 atom stereocenters. The molecule has 0 amide bonds. The average Bonchev–Trinajstić information content (AvgIpc) is 2.27. The molecule has 0 N–H and O–H groups in total. The molecule has 0 unspecified atom stereocenters. The molecule has 0 spiro atoms. The van der Waals surface area contributed by atoms with Gasteiger partial charge in [-0.1, -0.05) is 0 Å². The van der Waals surface area contributed by atoms with Crippen molar-refractivity contribution < 1.29 is 13.5 Å². The lowest BCUT2D eigenvalue weighted by Crippen LogP contribution is -2.31. The van der Waals surface area contributed by atoms with Crippen LogP contribution in [0.3, 0.4) is 0 Å². The first kappa shape index (κ1) is 9.08. The lowest BCUT2D eigenvalue weighted by atomic mass is 10.3. The molecule has 3 nitrogen and oxygen atoms in total. The van der Waals surface area contributed by atoms with Crippen LogP contribution in [0.4, 0.5) is 8.78 Å². The standard InChI is InChI=1S/C7H7BrF2N2O/c8-5-1-12(4-2-13-3-4)11-6(5)7(9)10/h1,4,7H,2-3H2. The number of ether oxygens (including phenoxy) is 1. The third kappa shape index (κ3) is 1.60. The Hall–Kier alpha value is -0.490. The van der Waals surface area contributed by atoms with Gasteiger partial charge >= 0.3 is 0 Å². The van der Waals surface area contributed by atoms with Crippen molar-refractivity contribution in [3.05, 3.63) is 16.4 Å². The summed E-state index contributed by atoms with van der Waals surface area (Å²) < 4.78 is 31.4. The van der Waals surface area contributed by atoms with Gasteiger partial charge in [0.2, 0.25) is 0 Å². The maximum atomic E-state index is 12.3. The van der Waals surface area contributed by atoms with E-state index in [0.29, 0.717) is 17.7 Å². The topological polar surface area (TPSA) is 27.1 Å². The summed E-state index contributed by atoms with van der Waals surface area (Å²) in [5.74, 6) is 0. The average molecular weight is 253 g/mol. The van der Waals surface area contributed by atoms with Gasteiger partial charge in [0.15, 0.2) is 0 Å². The van der Waals surface area contributed by atoms with Crippen LogP contribution in [0.5, 0.6) is 0 Å². The minimum absolute atomic E-state index is 0.115. The molecule has 1 saturated heterocycles. The Labute approximate surface area is 81.8 Å². The van der Waals surface area contributed by atoms with Crippen molar-refractivity contribution >= 4 is 15.9 Å². The normalized spacial score (nSPS) is 17.8. The Morgan fingerprint density at radius 3 is 2.69 bits per heavy atom. The lowest BCUT2D eigenvalue weighted by Gasteiger charge is -2.25. The van der Waals surface area contributed by atoms with Crippen LogP contribution in [0.15, 0.2) is 10.7 Å². The first-order valence-corrected chi connectivity index (χ1v) is 4.58. The van der Waals surface area contributed by atoms with E-state index in [1.165, 1.54) is 4.68 Å². The van der Waals surface area contributed by atoms with Gasteiger partial charge < -0.3 is 4.74 Å². The van der Waals surface area contributed by atoms with Crippen molar-refractivity contribution in [3.8, 4) is 0 Å². The molecule has 2 heterocycles. The number of hydrogen-bond acceptors (Lipinski definition) is 2. The molecule has 13 heavy (non-hydrogen) atoms. The van der Waals surface area contributed by atoms with Crippen LogP contribution in [0.2, 0.25) is 0 Å². The van der Waals surface area contributed by atoms with Crippen molar-refractivity contribution in [2.45, 2.75) is 12.5 Å². The zero-order valence-electron chi connectivity index (χ0n) is 6.58. The highest BCUT2D eigenvalue weighted by molar-refractivity contribution is 9.10. The fourth-order valence-electron chi connectivity index (χ4n) is 1.09. The molecule has 2 rings (SSSR count). The van der Waals surface area contributed by atoms with Gasteiger partial charge in [0.25, 0.3) is 6.43 Å². The minimum Gasteiger partial charge on any atom is -0.377 e. The molecular formula is C7H7BrF2N2O. The summed E-state index contributed by atoms with van der Waals surface area (Å²) in [7, 11) is 0. The molecular weight excluding hydrogens is 246 g/mol. The van der Waals surface area contributed by atoms with Crippen LogP contribution < -0.4 is 0 Å². The molecule has 0 bridgehead atoms. The van der Waals surface area contributed by atoms with E-state index in [4.69, 9.17) is 4.74 Å². The largest absolute Gasteiger partial charge is 0.377 e. The Balaban J connectivity index is 2.23. The summed E-state index contributed by atoms with van der Waals surface area (Å²) in [6.45, 7) is 1.10. The van der Waals surface area contributed by atoms with Crippen molar-refractivity contribution in [2.75, 3.05) is 13.2 Å². The predicted molar refractivity (Wildman–Crippen MR) is 44.7 cm³/mol. The Bertz CT molecular complexity index is 311. The molecule has 0 aromatic carbocycles. The third-order valence-corrected chi connectivity index (χ3v) is 2.53. The molecule has 0 aliphatic carbocycles. The van der Waals surface area contributed by atoms with Crippen LogP contribution in [-0.4, -0.2) is 23.0 Å². The highest BCUT2D eigenvalue weighted by atomic mass is 79.9. The number of halogens is 3. The van der Waals surface area contributed by atoms with Gasteiger partial charge in [-0.15, -0.1) is 0 Å². The molecule has 72 valence electrons. The van der Waals surface area contributed by atoms with Crippen molar-refractivity contribution in [2.24, 2.45) is 0 Å². The van der Waals surface area contributed by atoms with E-state index in [1.807, 2.05) is 0 Å². The maximum Gasteiger partial charge on any atom is 0.283 e. The Morgan fingerprint density at radius 2 is 2.31 bits per heavy atom. The van der Waals surface area contributed by atoms with Gasteiger partial charge in [-0.3, -0.25) is 4.68 Å². The first-order chi connectivity index (χ1) is 6.18. The first-order valence-electron chi connectivity index (χ1n) is 3.79. The fraction of sp³-hybridized carbons (Fsp3) is 0.571. The Kier molecular flexibility index (Phi) is 2.33. The van der Waals surface area contributed by atoms with Crippen LogP contribution in [0, 0.1) is 0 Å². The highest BCUT2D eigenvalue weighted by Crippen LogP contribution is 2.28. The monoisotopic (exact) mass is 252 g/mol. The maximum absolute atomic E-state index is 12.3. The summed E-state index contributed by atoms with van der Waals surface area (Å²) in [4.78, 5) is 0. The number of hydrogen-bond donors (Lipinski definition) is 0. The van der Waals surface area contributed by atoms with E-state index in [9.17, 15) is 8.78 Å². The van der Waals surface area contributed by atoms with Gasteiger partial charge in [-0.05, 0) is 15.9 Å². The zero-order chi connectivity index (χ0) is 9.42. The summed E-state index contributed by atoms with van der Waals surface area (Å²) in [6, 6.07) is 0.115. The smallest absolute Gasteiger partial charge is 0.283 e. The summed E-state index contributed by atoms with van der Waals surface area (Å²) in [5.41, 5.74) is -0.202. The van der Waals surface area contributed by atoms with Crippen LogP contribution in [0.25, 0.3) is 0 Å². The minimum atomic E-state index is -2.53. The number of alkyl halides is 2. The fourth-order valence-corrected chi connectivity index (χ4v) is 1.56. The molecule has 1 fully saturated rings. The van der Waals surface area contributed by atoms with Crippen molar-refractivity contribution in [3.63, 3.8) is 0 Å². The molecule has 0 radical (unpaired) electrons. The molecule has 1 aliphatic rings. The van der Waals surface area contributed by atoms with Crippen LogP contribution in [0.1, 0.15) is 18.2 Å². The molecule has 1 aromatic heterocycles. The van der Waals surface area contributed by atoms with Gasteiger partial charge in [0.1, 0.15) is 5.69 Å². The SMILES string of the molecule is FC(F)c1nn(C2COC2)cc1Br. The van der Waals surface area contributed by atoms with E-state index in [1.54, 1.807) is 6.20 Å².